The van der Waals surface area contributed by atoms with Gasteiger partial charge in [0.05, 0.1) is 18.4 Å². The van der Waals surface area contributed by atoms with Crippen molar-refractivity contribution in [3.8, 4) is 0 Å². The molecule has 0 spiro atoms. The summed E-state index contributed by atoms with van der Waals surface area (Å²) in [6.07, 6.45) is 0.786. The molecule has 6 nitrogen and oxygen atoms in total. The first-order valence-electron chi connectivity index (χ1n) is 7.53. The lowest BCUT2D eigenvalue weighted by Gasteiger charge is -2.33. The predicted molar refractivity (Wildman–Crippen MR) is 82.6 cm³/mol. The van der Waals surface area contributed by atoms with Crippen LogP contribution in [0, 0.1) is 5.92 Å². The van der Waals surface area contributed by atoms with Gasteiger partial charge in [0.25, 0.3) is 5.91 Å². The van der Waals surface area contributed by atoms with Crippen molar-refractivity contribution in [1.82, 2.24) is 19.8 Å². The molecule has 118 valence electrons. The highest BCUT2D eigenvalue weighted by molar-refractivity contribution is 7.08. The van der Waals surface area contributed by atoms with Gasteiger partial charge >= 0.3 is 0 Å². The molecular formula is C14H24N4O2S. The van der Waals surface area contributed by atoms with Crippen LogP contribution >= 0.6 is 11.5 Å². The Morgan fingerprint density at radius 2 is 2.38 bits per heavy atom. The van der Waals surface area contributed by atoms with Crippen LogP contribution in [0.5, 0.6) is 0 Å². The van der Waals surface area contributed by atoms with Gasteiger partial charge in [-0.05, 0) is 23.9 Å². The van der Waals surface area contributed by atoms with Gasteiger partial charge in [-0.1, -0.05) is 25.3 Å². The second kappa shape index (κ2) is 7.82. The predicted octanol–water partition coefficient (Wildman–Crippen LogP) is 1.19. The number of hydrogen-bond acceptors (Lipinski definition) is 6. The van der Waals surface area contributed by atoms with Crippen LogP contribution in [0.3, 0.4) is 0 Å². The quantitative estimate of drug-likeness (QED) is 0.854. The van der Waals surface area contributed by atoms with Crippen molar-refractivity contribution in [2.75, 3.05) is 32.8 Å². The number of aryl methyl sites for hydroxylation is 1. The van der Waals surface area contributed by atoms with Crippen molar-refractivity contribution in [3.05, 3.63) is 10.6 Å². The van der Waals surface area contributed by atoms with Gasteiger partial charge in [0, 0.05) is 26.2 Å². The van der Waals surface area contributed by atoms with Gasteiger partial charge in [0.1, 0.15) is 4.88 Å². The molecule has 1 aromatic heterocycles. The van der Waals surface area contributed by atoms with Crippen molar-refractivity contribution < 1.29 is 9.53 Å². The molecule has 2 rings (SSSR count). The summed E-state index contributed by atoms with van der Waals surface area (Å²) in [6.45, 7) is 10.6. The molecule has 1 saturated heterocycles. The van der Waals surface area contributed by atoms with Crippen molar-refractivity contribution in [1.29, 1.82) is 0 Å². The zero-order valence-electron chi connectivity index (χ0n) is 13.0. The molecule has 0 saturated carbocycles. The molecule has 1 atom stereocenters. The first-order valence-corrected chi connectivity index (χ1v) is 8.30. The molecule has 21 heavy (non-hydrogen) atoms. The zero-order valence-corrected chi connectivity index (χ0v) is 13.8. The van der Waals surface area contributed by atoms with Crippen LogP contribution < -0.4 is 5.32 Å². The Kier molecular flexibility index (Phi) is 6.08. The van der Waals surface area contributed by atoms with Crippen molar-refractivity contribution in [2.45, 2.75) is 33.3 Å². The van der Waals surface area contributed by atoms with E-state index in [1.54, 1.807) is 0 Å². The fourth-order valence-electron chi connectivity index (χ4n) is 2.49. The van der Waals surface area contributed by atoms with Crippen LogP contribution in [0.2, 0.25) is 0 Å². The Morgan fingerprint density at radius 3 is 3.10 bits per heavy atom. The summed E-state index contributed by atoms with van der Waals surface area (Å²) in [7, 11) is 0. The van der Waals surface area contributed by atoms with E-state index in [4.69, 9.17) is 4.74 Å². The zero-order chi connectivity index (χ0) is 15.2. The number of nitrogens with zero attached hydrogens (tertiary/aromatic N) is 3. The molecule has 0 bridgehead atoms. The van der Waals surface area contributed by atoms with Gasteiger partial charge < -0.3 is 10.1 Å². The lowest BCUT2D eigenvalue weighted by Crippen LogP contribution is -2.48. The Morgan fingerprint density at radius 1 is 1.57 bits per heavy atom. The Labute approximate surface area is 130 Å². The molecule has 0 radical (unpaired) electrons. The van der Waals surface area contributed by atoms with E-state index in [2.05, 4.69) is 33.7 Å². The number of carbonyl (C=O) groups excluding carboxylic acids is 1. The summed E-state index contributed by atoms with van der Waals surface area (Å²) in [5.74, 6) is 0.556. The maximum absolute atomic E-state index is 12.1. The van der Waals surface area contributed by atoms with Crippen molar-refractivity contribution >= 4 is 17.4 Å². The minimum absolute atomic E-state index is 0.0624. The number of morpholine rings is 1. The van der Waals surface area contributed by atoms with E-state index < -0.39 is 0 Å². The standard InChI is InChI=1S/C14H24N4O2S/c1-4-12-13(21-17-16-12)14(19)15-7-11-9-18(5-6-20-11)8-10(2)3/h10-11H,4-9H2,1-3H3,(H,15,19)/t11-/m0/s1. The molecule has 2 heterocycles. The van der Waals surface area contributed by atoms with E-state index in [1.165, 1.54) is 0 Å². The molecule has 0 aromatic carbocycles. The SMILES string of the molecule is CCc1nnsc1C(=O)NC[C@H]1CN(CC(C)C)CCO1. The second-order valence-electron chi connectivity index (χ2n) is 5.76. The summed E-state index contributed by atoms with van der Waals surface area (Å²) in [5, 5.41) is 6.91. The number of amides is 1. The monoisotopic (exact) mass is 312 g/mol. The maximum atomic E-state index is 12.1. The fourth-order valence-corrected chi connectivity index (χ4v) is 3.15. The molecule has 1 aliphatic heterocycles. The topological polar surface area (TPSA) is 67.4 Å². The average molecular weight is 312 g/mol. The highest BCUT2D eigenvalue weighted by Crippen LogP contribution is 2.11. The van der Waals surface area contributed by atoms with Crippen LogP contribution in [0.4, 0.5) is 0 Å². The Bertz CT molecular complexity index is 464. The average Bonchev–Trinajstić information content (AvgIpc) is 2.93. The van der Waals surface area contributed by atoms with Gasteiger partial charge in [-0.25, -0.2) is 0 Å². The second-order valence-corrected chi connectivity index (χ2v) is 6.51. The molecule has 1 N–H and O–H groups in total. The largest absolute Gasteiger partial charge is 0.374 e. The van der Waals surface area contributed by atoms with Gasteiger partial charge in [0.15, 0.2) is 0 Å². The molecular weight excluding hydrogens is 288 g/mol. The summed E-state index contributed by atoms with van der Waals surface area (Å²) in [6, 6.07) is 0. The number of carbonyl (C=O) groups is 1. The molecule has 1 fully saturated rings. The van der Waals surface area contributed by atoms with Crippen LogP contribution in [-0.2, 0) is 11.2 Å². The van der Waals surface area contributed by atoms with Gasteiger partial charge in [-0.15, -0.1) is 5.10 Å². The van der Waals surface area contributed by atoms with Crippen molar-refractivity contribution in [3.63, 3.8) is 0 Å². The van der Waals surface area contributed by atoms with E-state index in [0.29, 0.717) is 17.3 Å². The van der Waals surface area contributed by atoms with Gasteiger partial charge in [-0.3, -0.25) is 9.69 Å². The first kappa shape index (κ1) is 16.3. The van der Waals surface area contributed by atoms with Crippen LogP contribution in [0.25, 0.3) is 0 Å². The lowest BCUT2D eigenvalue weighted by atomic mass is 10.2. The highest BCUT2D eigenvalue weighted by atomic mass is 32.1. The number of rotatable bonds is 6. The third-order valence-electron chi connectivity index (χ3n) is 3.43. The molecule has 7 heteroatoms. The number of hydrogen-bond donors (Lipinski definition) is 1. The van der Waals surface area contributed by atoms with E-state index in [9.17, 15) is 4.79 Å². The Balaban J connectivity index is 1.81. The van der Waals surface area contributed by atoms with Crippen LogP contribution in [0.15, 0.2) is 0 Å². The molecule has 1 amide bonds. The minimum Gasteiger partial charge on any atom is -0.374 e. The number of ether oxygens (including phenoxy) is 1. The molecule has 0 aliphatic carbocycles. The lowest BCUT2D eigenvalue weighted by molar-refractivity contribution is -0.0295. The summed E-state index contributed by atoms with van der Waals surface area (Å²) in [4.78, 5) is 15.2. The first-order chi connectivity index (χ1) is 10.1. The summed E-state index contributed by atoms with van der Waals surface area (Å²) in [5.41, 5.74) is 0.767. The van der Waals surface area contributed by atoms with E-state index in [-0.39, 0.29) is 12.0 Å². The number of aromatic nitrogens is 2. The van der Waals surface area contributed by atoms with Gasteiger partial charge in [-0.2, -0.15) is 0 Å². The fraction of sp³-hybridized carbons (Fsp3) is 0.786. The third-order valence-corrected chi connectivity index (χ3v) is 4.20. The third kappa shape index (κ3) is 4.72. The number of nitrogens with one attached hydrogen (secondary N) is 1. The van der Waals surface area contributed by atoms with Crippen molar-refractivity contribution in [2.24, 2.45) is 5.92 Å². The van der Waals surface area contributed by atoms with Crippen LogP contribution in [-0.4, -0.2) is 59.3 Å². The van der Waals surface area contributed by atoms with Crippen LogP contribution in [0.1, 0.15) is 36.1 Å². The Hall–Kier alpha value is -1.05. The normalized spacial score (nSPS) is 19.9. The minimum atomic E-state index is -0.0913. The van der Waals surface area contributed by atoms with E-state index in [1.807, 2.05) is 6.92 Å². The summed E-state index contributed by atoms with van der Waals surface area (Å²) >= 11 is 1.15. The summed E-state index contributed by atoms with van der Waals surface area (Å²) < 4.78 is 9.57. The maximum Gasteiger partial charge on any atom is 0.265 e. The smallest absolute Gasteiger partial charge is 0.265 e. The molecule has 1 aromatic rings. The van der Waals surface area contributed by atoms with E-state index >= 15 is 0 Å². The molecule has 0 unspecified atom stereocenters. The van der Waals surface area contributed by atoms with E-state index in [0.717, 1.165) is 49.9 Å². The molecule has 1 aliphatic rings. The van der Waals surface area contributed by atoms with Gasteiger partial charge in [0.2, 0.25) is 0 Å². The highest BCUT2D eigenvalue weighted by Gasteiger charge is 2.22.